The van der Waals surface area contributed by atoms with Gasteiger partial charge in [0.1, 0.15) is 0 Å². The zero-order valence-electron chi connectivity index (χ0n) is 7.62. The first-order chi connectivity index (χ1) is 6.86. The average Bonchev–Trinajstić information content (AvgIpc) is 2.66. The molecule has 1 aliphatic heterocycles. The van der Waals surface area contributed by atoms with Crippen molar-refractivity contribution >= 4 is 16.6 Å². The zero-order valence-corrected chi connectivity index (χ0v) is 7.62. The molecule has 2 nitrogen and oxygen atoms in total. The van der Waals surface area contributed by atoms with Gasteiger partial charge in [-0.25, -0.2) is 0 Å². The molecular weight excluding hydrogens is 172 g/mol. The van der Waals surface area contributed by atoms with Crippen molar-refractivity contribution in [3.63, 3.8) is 0 Å². The highest BCUT2D eigenvalue weighted by Gasteiger charge is 2.09. The molecule has 0 radical (unpaired) electrons. The Morgan fingerprint density at radius 2 is 1.79 bits per heavy atom. The predicted molar refractivity (Wildman–Crippen MR) is 59.3 cm³/mol. The Hall–Kier alpha value is -1.96. The fraction of sp³-hybridized carbons (Fsp3) is 0. The van der Waals surface area contributed by atoms with Gasteiger partial charge in [-0.1, -0.05) is 30.3 Å². The SMILES string of the molecule is Nc1c2cccc-2[nH]c2ccccc12. The number of H-pyrrole nitrogens is 1. The monoisotopic (exact) mass is 182 g/mol. The average molecular weight is 182 g/mol. The molecule has 1 aliphatic carbocycles. The van der Waals surface area contributed by atoms with Crippen molar-refractivity contribution < 1.29 is 0 Å². The minimum Gasteiger partial charge on any atom is -0.398 e. The molecule has 3 N–H and O–H groups in total. The van der Waals surface area contributed by atoms with E-state index in [-0.39, 0.29) is 0 Å². The van der Waals surface area contributed by atoms with Gasteiger partial charge in [0.05, 0.1) is 5.69 Å². The molecule has 2 heteroatoms. The van der Waals surface area contributed by atoms with E-state index in [1.807, 2.05) is 42.5 Å². The van der Waals surface area contributed by atoms with Crippen LogP contribution in [0.15, 0.2) is 42.5 Å². The van der Waals surface area contributed by atoms with Gasteiger partial charge in [-0.15, -0.1) is 0 Å². The number of pyridine rings is 1. The van der Waals surface area contributed by atoms with Gasteiger partial charge >= 0.3 is 0 Å². The van der Waals surface area contributed by atoms with Crippen molar-refractivity contribution in [3.8, 4) is 11.3 Å². The molecular formula is C12H10N2. The van der Waals surface area contributed by atoms with E-state index in [0.29, 0.717) is 0 Å². The summed E-state index contributed by atoms with van der Waals surface area (Å²) in [5.41, 5.74) is 10.2. The Kier molecular flexibility index (Phi) is 1.34. The number of nitrogens with one attached hydrogen (secondary N) is 1. The Morgan fingerprint density at radius 1 is 0.929 bits per heavy atom. The summed E-state index contributed by atoms with van der Waals surface area (Å²) >= 11 is 0. The molecule has 0 bridgehead atoms. The van der Waals surface area contributed by atoms with Gasteiger partial charge in [0.15, 0.2) is 0 Å². The molecule has 1 aromatic rings. The zero-order chi connectivity index (χ0) is 9.54. The maximum absolute atomic E-state index is 6.08. The van der Waals surface area contributed by atoms with Crippen LogP contribution in [0.3, 0.4) is 0 Å². The second-order valence-corrected chi connectivity index (χ2v) is 3.44. The van der Waals surface area contributed by atoms with E-state index < -0.39 is 0 Å². The molecule has 14 heavy (non-hydrogen) atoms. The van der Waals surface area contributed by atoms with Gasteiger partial charge < -0.3 is 10.7 Å². The predicted octanol–water partition coefficient (Wildman–Crippen LogP) is 2.85. The lowest BCUT2D eigenvalue weighted by atomic mass is 10.1. The summed E-state index contributed by atoms with van der Waals surface area (Å²) < 4.78 is 0. The van der Waals surface area contributed by atoms with Crippen LogP contribution >= 0.6 is 0 Å². The number of benzene rings is 1. The Labute approximate surface area is 81.7 Å². The molecule has 0 spiro atoms. The lowest BCUT2D eigenvalue weighted by Crippen LogP contribution is -1.93. The second kappa shape index (κ2) is 2.51. The second-order valence-electron chi connectivity index (χ2n) is 3.44. The minimum atomic E-state index is 0.861. The van der Waals surface area contributed by atoms with Crippen LogP contribution in [-0.2, 0) is 0 Å². The summed E-state index contributed by atoms with van der Waals surface area (Å²) in [5.74, 6) is 0. The smallest absolute Gasteiger partial charge is 0.0503 e. The number of nitrogen functional groups attached to an aromatic ring is 1. The van der Waals surface area contributed by atoms with E-state index in [1.54, 1.807) is 0 Å². The minimum absolute atomic E-state index is 0.861. The third kappa shape index (κ3) is 0.852. The quantitative estimate of drug-likeness (QED) is 0.551. The number of nitrogens with two attached hydrogens (primary N) is 1. The maximum atomic E-state index is 6.08. The van der Waals surface area contributed by atoms with Crippen LogP contribution in [-0.4, -0.2) is 4.98 Å². The van der Waals surface area contributed by atoms with Gasteiger partial charge in [-0.2, -0.15) is 0 Å². The van der Waals surface area contributed by atoms with Crippen molar-refractivity contribution in [2.75, 3.05) is 5.73 Å². The van der Waals surface area contributed by atoms with Crippen molar-refractivity contribution in [2.24, 2.45) is 0 Å². The number of anilines is 1. The van der Waals surface area contributed by atoms with Gasteiger partial charge in [0.2, 0.25) is 0 Å². The van der Waals surface area contributed by atoms with E-state index in [2.05, 4.69) is 4.98 Å². The first kappa shape index (κ1) is 7.44. The molecule has 0 aromatic heterocycles. The van der Waals surface area contributed by atoms with Crippen molar-refractivity contribution in [1.29, 1.82) is 0 Å². The van der Waals surface area contributed by atoms with Gasteiger partial charge in [0, 0.05) is 22.2 Å². The molecule has 0 saturated heterocycles. The van der Waals surface area contributed by atoms with E-state index in [0.717, 1.165) is 27.8 Å². The fourth-order valence-electron chi connectivity index (χ4n) is 1.88. The lowest BCUT2D eigenvalue weighted by Gasteiger charge is -2.08. The number of aromatic amines is 1. The molecule has 68 valence electrons. The van der Waals surface area contributed by atoms with Crippen LogP contribution in [0.5, 0.6) is 0 Å². The van der Waals surface area contributed by atoms with Crippen molar-refractivity contribution in [2.45, 2.75) is 0 Å². The van der Waals surface area contributed by atoms with Crippen LogP contribution in [0, 0.1) is 0 Å². The Morgan fingerprint density at radius 3 is 2.71 bits per heavy atom. The third-order valence-electron chi connectivity index (χ3n) is 2.59. The maximum Gasteiger partial charge on any atom is 0.0503 e. The molecule has 0 saturated carbocycles. The molecule has 2 aliphatic rings. The Balaban J connectivity index is 2.58. The summed E-state index contributed by atoms with van der Waals surface area (Å²) in [7, 11) is 0. The molecule has 3 rings (SSSR count). The van der Waals surface area contributed by atoms with E-state index >= 15 is 0 Å². The highest BCUT2D eigenvalue weighted by Crippen LogP contribution is 2.33. The topological polar surface area (TPSA) is 41.8 Å². The summed E-state index contributed by atoms with van der Waals surface area (Å²) in [4.78, 5) is 3.35. The van der Waals surface area contributed by atoms with E-state index in [1.165, 1.54) is 0 Å². The molecule has 0 fully saturated rings. The first-order valence-corrected chi connectivity index (χ1v) is 4.61. The lowest BCUT2D eigenvalue weighted by molar-refractivity contribution is 1.42. The number of hydrogen-bond acceptors (Lipinski definition) is 1. The first-order valence-electron chi connectivity index (χ1n) is 4.61. The van der Waals surface area contributed by atoms with Gasteiger partial charge in [0.25, 0.3) is 0 Å². The molecule has 1 heterocycles. The summed E-state index contributed by atoms with van der Waals surface area (Å²) in [6, 6.07) is 14.2. The van der Waals surface area contributed by atoms with Gasteiger partial charge in [-0.3, -0.25) is 0 Å². The summed E-state index contributed by atoms with van der Waals surface area (Å²) in [5, 5.41) is 1.09. The summed E-state index contributed by atoms with van der Waals surface area (Å²) in [6.07, 6.45) is 0. The number of rotatable bonds is 0. The standard InChI is InChI=1S/C12H10N2/c13-12-8-4-1-2-6-10(8)14-11-7-3-5-9(11)12/h1-7,14H,13H2. The number of aromatic nitrogens is 1. The molecule has 0 amide bonds. The molecule has 0 atom stereocenters. The highest BCUT2D eigenvalue weighted by atomic mass is 14.7. The van der Waals surface area contributed by atoms with Crippen molar-refractivity contribution in [1.82, 2.24) is 4.98 Å². The fourth-order valence-corrected chi connectivity index (χ4v) is 1.88. The van der Waals surface area contributed by atoms with Gasteiger partial charge in [-0.05, 0) is 12.1 Å². The highest BCUT2D eigenvalue weighted by molar-refractivity contribution is 5.99. The van der Waals surface area contributed by atoms with Crippen LogP contribution in [0.1, 0.15) is 0 Å². The van der Waals surface area contributed by atoms with Crippen LogP contribution in [0.2, 0.25) is 0 Å². The number of hydrogen-bond donors (Lipinski definition) is 2. The normalized spacial score (nSPS) is 11.1. The number of para-hydroxylation sites is 1. The molecule has 1 aromatic carbocycles. The molecule has 0 unspecified atom stereocenters. The Bertz CT molecular complexity index is 566. The largest absolute Gasteiger partial charge is 0.398 e. The third-order valence-corrected chi connectivity index (χ3v) is 2.59. The van der Waals surface area contributed by atoms with Crippen LogP contribution in [0.4, 0.5) is 5.69 Å². The van der Waals surface area contributed by atoms with Crippen LogP contribution in [0.25, 0.3) is 22.2 Å². The van der Waals surface area contributed by atoms with E-state index in [4.69, 9.17) is 5.73 Å². The van der Waals surface area contributed by atoms with Crippen LogP contribution < -0.4 is 5.73 Å². The number of fused-ring (bicyclic) bond motifs is 2. The summed E-state index contributed by atoms with van der Waals surface area (Å²) in [6.45, 7) is 0. The van der Waals surface area contributed by atoms with Crippen molar-refractivity contribution in [3.05, 3.63) is 42.5 Å². The van der Waals surface area contributed by atoms with E-state index in [9.17, 15) is 0 Å².